The monoisotopic (exact) mass is 531 g/mol. The number of nitrogens with zero attached hydrogens (tertiary/aromatic N) is 1. The van der Waals surface area contributed by atoms with Crippen molar-refractivity contribution in [1.29, 1.82) is 0 Å². The Balaban J connectivity index is 1.66. The summed E-state index contributed by atoms with van der Waals surface area (Å²) in [6, 6.07) is 10.9. The Morgan fingerprint density at radius 1 is 1.33 bits per heavy atom. The molecule has 6 nitrogen and oxygen atoms in total. The molecule has 3 heterocycles. The van der Waals surface area contributed by atoms with E-state index in [-0.39, 0.29) is 17.8 Å². The molecule has 2 N–H and O–H groups in total. The van der Waals surface area contributed by atoms with Gasteiger partial charge in [-0.3, -0.25) is 4.98 Å². The van der Waals surface area contributed by atoms with Gasteiger partial charge in [-0.05, 0) is 66.8 Å². The van der Waals surface area contributed by atoms with E-state index in [1.54, 1.807) is 18.3 Å². The Labute approximate surface area is 203 Å². The van der Waals surface area contributed by atoms with Gasteiger partial charge in [0.05, 0.1) is 22.8 Å². The molecule has 2 aliphatic heterocycles. The van der Waals surface area contributed by atoms with Crippen molar-refractivity contribution in [3.63, 3.8) is 0 Å². The van der Waals surface area contributed by atoms with Crippen LogP contribution in [0.1, 0.15) is 43.9 Å². The number of pyridine rings is 1. The lowest BCUT2D eigenvalue weighted by Crippen LogP contribution is -2.41. The van der Waals surface area contributed by atoms with Crippen molar-refractivity contribution in [1.82, 2.24) is 4.98 Å². The minimum atomic E-state index is -3.31. The van der Waals surface area contributed by atoms with Crippen LogP contribution in [-0.4, -0.2) is 47.8 Å². The third kappa shape index (κ3) is 5.43. The molecule has 9 heteroatoms. The van der Waals surface area contributed by atoms with Gasteiger partial charge < -0.3 is 14.8 Å². The average molecular weight is 532 g/mol. The lowest BCUT2D eigenvalue weighted by molar-refractivity contribution is 0.171. The summed E-state index contributed by atoms with van der Waals surface area (Å²) in [5, 5.41) is 20.0. The van der Waals surface area contributed by atoms with Crippen molar-refractivity contribution >= 4 is 44.5 Å². The molecule has 174 valence electrons. The zero-order valence-electron chi connectivity index (χ0n) is 18.4. The fraction of sp³-hybridized carbons (Fsp3) is 0.375. The molecule has 0 spiro atoms. The quantitative estimate of drug-likeness (QED) is 0.399. The topological polar surface area (TPSA) is 96.7 Å². The standard InChI is InChI=1S/C24H27BBrNO5S/c1-2-5-17-15-33(30,31)23-14-25(29)32-22(24(17)23)10-7-16(20-6-3-4-11-27-20)12-18-13-19(26)8-9-21(18)28/h3-4,6,8-9,11-13,22-23,28-29H,2,5,7,10,14-15H2,1H3/b16-12-/t22-,23+/m1/s1. The van der Waals surface area contributed by atoms with Gasteiger partial charge in [-0.15, -0.1) is 0 Å². The highest BCUT2D eigenvalue weighted by Crippen LogP contribution is 2.41. The average Bonchev–Trinajstić information content (AvgIpc) is 3.03. The lowest BCUT2D eigenvalue weighted by Gasteiger charge is -2.32. The first-order valence-corrected chi connectivity index (χ1v) is 13.7. The van der Waals surface area contributed by atoms with Crippen molar-refractivity contribution in [2.45, 2.75) is 50.3 Å². The molecule has 0 unspecified atom stereocenters. The molecular formula is C24H27BBrNO5S. The van der Waals surface area contributed by atoms with Crippen LogP contribution in [-0.2, 0) is 14.5 Å². The molecule has 0 amide bonds. The molecule has 0 saturated carbocycles. The highest BCUT2D eigenvalue weighted by Gasteiger charge is 2.48. The van der Waals surface area contributed by atoms with Gasteiger partial charge in [-0.25, -0.2) is 8.42 Å². The Hall–Kier alpha value is -1.94. The Morgan fingerprint density at radius 3 is 2.88 bits per heavy atom. The zero-order valence-corrected chi connectivity index (χ0v) is 20.8. The fourth-order valence-corrected chi connectivity index (χ4v) is 7.28. The second-order valence-corrected chi connectivity index (χ2v) is 11.6. The van der Waals surface area contributed by atoms with Gasteiger partial charge in [-0.1, -0.05) is 40.9 Å². The summed E-state index contributed by atoms with van der Waals surface area (Å²) in [6.45, 7) is 2.04. The van der Waals surface area contributed by atoms with Crippen molar-refractivity contribution in [2.24, 2.45) is 0 Å². The normalized spacial score (nSPS) is 22.5. The Morgan fingerprint density at radius 2 is 2.15 bits per heavy atom. The van der Waals surface area contributed by atoms with E-state index in [9.17, 15) is 18.5 Å². The van der Waals surface area contributed by atoms with Crippen LogP contribution < -0.4 is 0 Å². The lowest BCUT2D eigenvalue weighted by atomic mass is 9.74. The summed E-state index contributed by atoms with van der Waals surface area (Å²) in [5.41, 5.74) is 4.09. The van der Waals surface area contributed by atoms with Crippen molar-refractivity contribution in [2.75, 3.05) is 5.75 Å². The van der Waals surface area contributed by atoms with Gasteiger partial charge in [0, 0.05) is 22.6 Å². The summed E-state index contributed by atoms with van der Waals surface area (Å²) >= 11 is 3.45. The number of halogens is 1. The van der Waals surface area contributed by atoms with Crippen molar-refractivity contribution < 1.29 is 23.2 Å². The molecule has 4 rings (SSSR count). The van der Waals surface area contributed by atoms with E-state index in [2.05, 4.69) is 20.9 Å². The van der Waals surface area contributed by atoms with Crippen molar-refractivity contribution in [3.05, 3.63) is 69.5 Å². The van der Waals surface area contributed by atoms with Crippen LogP contribution in [0.2, 0.25) is 6.32 Å². The van der Waals surface area contributed by atoms with E-state index >= 15 is 0 Å². The van der Waals surface area contributed by atoms with Crippen LogP contribution in [0.5, 0.6) is 5.75 Å². The number of sulfone groups is 1. The largest absolute Gasteiger partial charge is 0.507 e. The molecule has 2 aromatic rings. The second kappa shape index (κ2) is 10.1. The van der Waals surface area contributed by atoms with Crippen molar-refractivity contribution in [3.8, 4) is 5.75 Å². The number of aromatic nitrogens is 1. The van der Waals surface area contributed by atoms with Gasteiger partial charge in [0.1, 0.15) is 5.75 Å². The number of benzene rings is 1. The smallest absolute Gasteiger partial charge is 0.456 e. The summed E-state index contributed by atoms with van der Waals surface area (Å²) < 4.78 is 32.3. The summed E-state index contributed by atoms with van der Waals surface area (Å²) in [5.74, 6) is 0.216. The number of aromatic hydroxyl groups is 1. The van der Waals surface area contributed by atoms with Gasteiger partial charge in [0.15, 0.2) is 9.84 Å². The zero-order chi connectivity index (χ0) is 23.6. The Bertz CT molecular complexity index is 1180. The molecule has 0 bridgehead atoms. The first-order valence-electron chi connectivity index (χ1n) is 11.2. The van der Waals surface area contributed by atoms with Crippen LogP contribution in [0.15, 0.2) is 58.2 Å². The first kappa shape index (κ1) is 24.2. The number of phenols is 1. The van der Waals surface area contributed by atoms with E-state index in [0.717, 1.165) is 39.7 Å². The summed E-state index contributed by atoms with van der Waals surface area (Å²) in [6.07, 6.45) is 5.85. The Kier molecular flexibility index (Phi) is 7.43. The summed E-state index contributed by atoms with van der Waals surface area (Å²) in [7, 11) is -4.41. The van der Waals surface area contributed by atoms with Crippen LogP contribution in [0, 0.1) is 0 Å². The number of rotatable bonds is 7. The van der Waals surface area contributed by atoms with Crippen LogP contribution in [0.4, 0.5) is 0 Å². The molecule has 1 aromatic carbocycles. The van der Waals surface area contributed by atoms with Crippen LogP contribution >= 0.6 is 15.9 Å². The highest BCUT2D eigenvalue weighted by molar-refractivity contribution is 9.10. The van der Waals surface area contributed by atoms with E-state index < -0.39 is 28.3 Å². The molecule has 0 aliphatic carbocycles. The van der Waals surface area contributed by atoms with E-state index in [0.29, 0.717) is 18.4 Å². The van der Waals surface area contributed by atoms with Crippen LogP contribution in [0.3, 0.4) is 0 Å². The molecule has 2 atom stereocenters. The van der Waals surface area contributed by atoms with Crippen LogP contribution in [0.25, 0.3) is 11.6 Å². The maximum atomic E-state index is 12.8. The van der Waals surface area contributed by atoms with Gasteiger partial charge >= 0.3 is 7.12 Å². The SMILES string of the molecule is CCCC1=C2[C@@H](CC/C(=C/c3cc(Br)ccc3O)c3ccccn3)OB(O)C[C@@H]2S(=O)(=O)C1. The van der Waals surface area contributed by atoms with E-state index in [1.165, 1.54) is 0 Å². The molecule has 2 aliphatic rings. The third-order valence-corrected chi connectivity index (χ3v) is 8.75. The minimum Gasteiger partial charge on any atom is -0.507 e. The number of fused-ring (bicyclic) bond motifs is 1. The fourth-order valence-electron chi connectivity index (χ4n) is 4.74. The molecular weight excluding hydrogens is 505 g/mol. The predicted molar refractivity (Wildman–Crippen MR) is 134 cm³/mol. The third-order valence-electron chi connectivity index (χ3n) is 6.19. The minimum absolute atomic E-state index is 0.0578. The molecule has 1 saturated heterocycles. The molecule has 1 aromatic heterocycles. The van der Waals surface area contributed by atoms with E-state index in [1.807, 2.05) is 37.3 Å². The number of phenolic OH excluding ortho intramolecular Hbond substituents is 1. The maximum absolute atomic E-state index is 12.8. The number of allylic oxidation sites excluding steroid dienone is 1. The summed E-state index contributed by atoms with van der Waals surface area (Å²) in [4.78, 5) is 4.48. The van der Waals surface area contributed by atoms with Gasteiger partial charge in [0.25, 0.3) is 0 Å². The molecule has 1 fully saturated rings. The second-order valence-electron chi connectivity index (χ2n) is 8.55. The molecule has 0 radical (unpaired) electrons. The molecule has 33 heavy (non-hydrogen) atoms. The highest BCUT2D eigenvalue weighted by atomic mass is 79.9. The van der Waals surface area contributed by atoms with E-state index in [4.69, 9.17) is 4.65 Å². The number of hydrogen-bond donors (Lipinski definition) is 2. The maximum Gasteiger partial charge on any atom is 0.456 e. The predicted octanol–water partition coefficient (Wildman–Crippen LogP) is 4.64. The first-order chi connectivity index (χ1) is 15.8. The number of hydrogen-bond acceptors (Lipinski definition) is 6. The van der Waals surface area contributed by atoms with Gasteiger partial charge in [-0.2, -0.15) is 0 Å². The van der Waals surface area contributed by atoms with Gasteiger partial charge in [0.2, 0.25) is 0 Å².